The van der Waals surface area contributed by atoms with Gasteiger partial charge in [0.25, 0.3) is 0 Å². The number of nitrogens with zero attached hydrogens (tertiary/aromatic N) is 1. The van der Waals surface area contributed by atoms with Gasteiger partial charge < -0.3 is 10.0 Å². The first-order valence-corrected chi connectivity index (χ1v) is 7.79. The molecule has 1 aliphatic rings. The lowest BCUT2D eigenvalue weighted by Gasteiger charge is -2.23. The Kier molecular flexibility index (Phi) is 5.87. The Morgan fingerprint density at radius 2 is 1.68 bits per heavy atom. The molecule has 0 radical (unpaired) electrons. The molecule has 1 heterocycles. The minimum Gasteiger partial charge on any atom is -0.387 e. The summed E-state index contributed by atoms with van der Waals surface area (Å²) in [5.41, 5.74) is 2.43. The van der Waals surface area contributed by atoms with Gasteiger partial charge in [-0.1, -0.05) is 50.5 Å². The van der Waals surface area contributed by atoms with Crippen LogP contribution < -0.4 is 0 Å². The monoisotopic (exact) mass is 261 g/mol. The number of hydrogen-bond donors (Lipinski definition) is 1. The molecule has 1 unspecified atom stereocenters. The highest BCUT2D eigenvalue weighted by Crippen LogP contribution is 2.18. The third kappa shape index (κ3) is 4.63. The van der Waals surface area contributed by atoms with E-state index in [2.05, 4.69) is 36.1 Å². The maximum Gasteiger partial charge on any atom is 0.0916 e. The van der Waals surface area contributed by atoms with E-state index in [1.807, 2.05) is 0 Å². The molecular formula is C17H27NO. The molecule has 106 valence electrons. The Morgan fingerprint density at radius 1 is 1.05 bits per heavy atom. The highest BCUT2D eigenvalue weighted by molar-refractivity contribution is 5.24. The van der Waals surface area contributed by atoms with Gasteiger partial charge in [0.2, 0.25) is 0 Å². The second-order valence-electron chi connectivity index (χ2n) is 5.72. The summed E-state index contributed by atoms with van der Waals surface area (Å²) < 4.78 is 0. The molecule has 0 aromatic heterocycles. The van der Waals surface area contributed by atoms with E-state index in [0.29, 0.717) is 0 Å². The largest absolute Gasteiger partial charge is 0.387 e. The molecule has 0 saturated carbocycles. The van der Waals surface area contributed by atoms with E-state index < -0.39 is 0 Å². The number of aryl methyl sites for hydroxylation is 1. The number of aliphatic hydroxyl groups is 1. The van der Waals surface area contributed by atoms with Gasteiger partial charge in [-0.25, -0.2) is 0 Å². The minimum atomic E-state index is -0.339. The number of β-amino-alcohol motifs (C(OH)–C–C–N with tert-alkyl or cyclic N) is 1. The number of aliphatic hydroxyl groups excluding tert-OH is 1. The standard InChI is InChI=1S/C17H27NO/c1-2-7-15-8-10-16(11-9-15)17(19)14-18-12-5-3-4-6-13-18/h8-11,17,19H,2-7,12-14H2,1H3. The SMILES string of the molecule is CCCc1ccc(C(O)CN2CCCCCC2)cc1. The van der Waals surface area contributed by atoms with Crippen LogP contribution in [0.5, 0.6) is 0 Å². The third-order valence-electron chi connectivity index (χ3n) is 4.03. The van der Waals surface area contributed by atoms with Crippen molar-refractivity contribution >= 4 is 0 Å². The molecule has 19 heavy (non-hydrogen) atoms. The molecule has 0 spiro atoms. The van der Waals surface area contributed by atoms with E-state index in [9.17, 15) is 5.11 Å². The van der Waals surface area contributed by atoms with Crippen LogP contribution in [-0.4, -0.2) is 29.6 Å². The molecule has 2 heteroatoms. The van der Waals surface area contributed by atoms with E-state index in [1.54, 1.807) is 0 Å². The van der Waals surface area contributed by atoms with Crippen LogP contribution >= 0.6 is 0 Å². The summed E-state index contributed by atoms with van der Waals surface area (Å²) >= 11 is 0. The van der Waals surface area contributed by atoms with E-state index >= 15 is 0 Å². The molecule has 2 rings (SSSR count). The zero-order chi connectivity index (χ0) is 13.5. The molecule has 1 fully saturated rings. The summed E-state index contributed by atoms with van der Waals surface area (Å²) in [6.45, 7) is 5.27. The van der Waals surface area contributed by atoms with Gasteiger partial charge in [0, 0.05) is 6.54 Å². The summed E-state index contributed by atoms with van der Waals surface area (Å²) in [7, 11) is 0. The Morgan fingerprint density at radius 3 is 2.26 bits per heavy atom. The van der Waals surface area contributed by atoms with Crippen LogP contribution in [-0.2, 0) is 6.42 Å². The molecule has 1 aliphatic heterocycles. The second kappa shape index (κ2) is 7.66. The van der Waals surface area contributed by atoms with Crippen molar-refractivity contribution in [2.45, 2.75) is 51.6 Å². The van der Waals surface area contributed by atoms with Gasteiger partial charge in [0.05, 0.1) is 6.10 Å². The van der Waals surface area contributed by atoms with Gasteiger partial charge in [-0.2, -0.15) is 0 Å². The fraction of sp³-hybridized carbons (Fsp3) is 0.647. The summed E-state index contributed by atoms with van der Waals surface area (Å²) in [6.07, 6.45) is 7.22. The Balaban J connectivity index is 1.89. The molecule has 2 nitrogen and oxygen atoms in total. The van der Waals surface area contributed by atoms with E-state index in [-0.39, 0.29) is 6.10 Å². The van der Waals surface area contributed by atoms with Crippen LogP contribution in [0.4, 0.5) is 0 Å². The maximum absolute atomic E-state index is 10.3. The van der Waals surface area contributed by atoms with Crippen LogP contribution in [0.15, 0.2) is 24.3 Å². The highest BCUT2D eigenvalue weighted by atomic mass is 16.3. The predicted octanol–water partition coefficient (Wildman–Crippen LogP) is 3.55. The van der Waals surface area contributed by atoms with Gasteiger partial charge in [0.1, 0.15) is 0 Å². The lowest BCUT2D eigenvalue weighted by Crippen LogP contribution is -2.29. The average molecular weight is 261 g/mol. The van der Waals surface area contributed by atoms with Gasteiger partial charge >= 0.3 is 0 Å². The van der Waals surface area contributed by atoms with Gasteiger partial charge in [-0.05, 0) is 43.5 Å². The smallest absolute Gasteiger partial charge is 0.0916 e. The van der Waals surface area contributed by atoms with Crippen molar-refractivity contribution in [1.82, 2.24) is 4.90 Å². The van der Waals surface area contributed by atoms with Crippen LogP contribution in [0.25, 0.3) is 0 Å². The fourth-order valence-corrected chi connectivity index (χ4v) is 2.86. The van der Waals surface area contributed by atoms with Gasteiger partial charge in [0.15, 0.2) is 0 Å². The van der Waals surface area contributed by atoms with E-state index in [0.717, 1.165) is 31.6 Å². The zero-order valence-corrected chi connectivity index (χ0v) is 12.1. The molecule has 1 aromatic rings. The number of hydrogen-bond acceptors (Lipinski definition) is 2. The summed E-state index contributed by atoms with van der Waals surface area (Å²) in [6, 6.07) is 8.50. The van der Waals surface area contributed by atoms with Crippen molar-refractivity contribution in [1.29, 1.82) is 0 Å². The van der Waals surface area contributed by atoms with Crippen molar-refractivity contribution in [3.05, 3.63) is 35.4 Å². The second-order valence-corrected chi connectivity index (χ2v) is 5.72. The predicted molar refractivity (Wildman–Crippen MR) is 80.3 cm³/mol. The highest BCUT2D eigenvalue weighted by Gasteiger charge is 2.14. The quantitative estimate of drug-likeness (QED) is 0.876. The van der Waals surface area contributed by atoms with Crippen molar-refractivity contribution in [3.63, 3.8) is 0 Å². The summed E-state index contributed by atoms with van der Waals surface area (Å²) in [4.78, 5) is 2.41. The fourth-order valence-electron chi connectivity index (χ4n) is 2.86. The molecule has 0 amide bonds. The minimum absolute atomic E-state index is 0.339. The zero-order valence-electron chi connectivity index (χ0n) is 12.1. The third-order valence-corrected chi connectivity index (χ3v) is 4.03. The summed E-state index contributed by atoms with van der Waals surface area (Å²) in [5, 5.41) is 10.3. The van der Waals surface area contributed by atoms with E-state index in [1.165, 1.54) is 37.7 Å². The van der Waals surface area contributed by atoms with Crippen LogP contribution in [0, 0.1) is 0 Å². The first-order chi connectivity index (χ1) is 9.29. The van der Waals surface area contributed by atoms with Crippen LogP contribution in [0.2, 0.25) is 0 Å². The van der Waals surface area contributed by atoms with Crippen LogP contribution in [0.1, 0.15) is 56.3 Å². The Bertz CT molecular complexity index is 352. The molecule has 0 aliphatic carbocycles. The van der Waals surface area contributed by atoms with Gasteiger partial charge in [-0.15, -0.1) is 0 Å². The lowest BCUT2D eigenvalue weighted by molar-refractivity contribution is 0.115. The normalized spacial score (nSPS) is 19.1. The van der Waals surface area contributed by atoms with Crippen molar-refractivity contribution in [3.8, 4) is 0 Å². The van der Waals surface area contributed by atoms with Gasteiger partial charge in [-0.3, -0.25) is 0 Å². The van der Waals surface area contributed by atoms with Crippen LogP contribution in [0.3, 0.4) is 0 Å². The molecule has 1 saturated heterocycles. The first kappa shape index (κ1) is 14.5. The number of rotatable bonds is 5. The molecular weight excluding hydrogens is 234 g/mol. The number of benzene rings is 1. The molecule has 1 atom stereocenters. The van der Waals surface area contributed by atoms with Crippen molar-refractivity contribution in [2.24, 2.45) is 0 Å². The maximum atomic E-state index is 10.3. The first-order valence-electron chi connectivity index (χ1n) is 7.79. The van der Waals surface area contributed by atoms with Crippen molar-refractivity contribution in [2.75, 3.05) is 19.6 Å². The Hall–Kier alpha value is -0.860. The van der Waals surface area contributed by atoms with Crippen molar-refractivity contribution < 1.29 is 5.11 Å². The Labute approximate surface area is 117 Å². The molecule has 1 aromatic carbocycles. The van der Waals surface area contributed by atoms with E-state index in [4.69, 9.17) is 0 Å². The number of likely N-dealkylation sites (tertiary alicyclic amines) is 1. The average Bonchev–Trinajstić information content (AvgIpc) is 2.68. The summed E-state index contributed by atoms with van der Waals surface area (Å²) in [5.74, 6) is 0. The topological polar surface area (TPSA) is 23.5 Å². The molecule has 0 bridgehead atoms. The lowest BCUT2D eigenvalue weighted by atomic mass is 10.0. The molecule has 1 N–H and O–H groups in total.